The fraction of sp³-hybridized carbons (Fsp3) is 0. The molecular formula is CdCrMnMoNiTiW. The first-order chi connectivity index (χ1) is 0. The summed E-state index contributed by atoms with van der Waals surface area (Å²) in [5.74, 6) is 0. The van der Waals surface area contributed by atoms with Crippen molar-refractivity contribution in [2.75, 3.05) is 0 Å². The Hall–Kier alpha value is 4.56. The molecule has 0 aliphatic heterocycles. The van der Waals surface area contributed by atoms with Crippen molar-refractivity contribution in [1.29, 1.82) is 0 Å². The van der Waals surface area contributed by atoms with Gasteiger partial charge in [0.1, 0.15) is 0 Å². The topological polar surface area (TPSA) is 0 Å². The van der Waals surface area contributed by atoms with E-state index in [2.05, 4.69) is 0 Å². The summed E-state index contributed by atoms with van der Waals surface area (Å²) in [5, 5.41) is 0. The molecular weight excluding hydrogens is 606 g/mol. The van der Waals surface area contributed by atoms with Gasteiger partial charge in [0.2, 0.25) is 0 Å². The molecule has 0 atom stereocenters. The molecule has 0 spiro atoms. The Bertz CT molecular complexity index is 19.7. The summed E-state index contributed by atoms with van der Waals surface area (Å²) in [7, 11) is 0. The standard InChI is InChI=1S/Cd.Cr.Mn.Mo.Ni.Ti.W. The second-order valence-corrected chi connectivity index (χ2v) is 0. The fourth-order valence-corrected chi connectivity index (χ4v) is 0. The second-order valence-electron chi connectivity index (χ2n) is 0. The summed E-state index contributed by atoms with van der Waals surface area (Å²) in [4.78, 5) is 0. The van der Waals surface area contributed by atoms with Gasteiger partial charge in [0.25, 0.3) is 0 Å². The van der Waals surface area contributed by atoms with Gasteiger partial charge in [-0.25, -0.2) is 0 Å². The molecule has 0 unspecified atom stereocenters. The Morgan fingerprint density at radius 3 is 1.00 bits per heavy atom. The summed E-state index contributed by atoms with van der Waals surface area (Å²) in [6.45, 7) is 0. The molecule has 0 saturated heterocycles. The molecule has 0 nitrogen and oxygen atoms in total. The maximum Gasteiger partial charge on any atom is 0 e. The minimum atomic E-state index is 0. The zero-order valence-corrected chi connectivity index (χ0v) is 17.1. The van der Waals surface area contributed by atoms with E-state index in [-0.39, 0.29) is 142 Å². The molecule has 41 valence electrons. The van der Waals surface area contributed by atoms with E-state index in [0.29, 0.717) is 0 Å². The molecule has 0 aliphatic rings. The third-order valence-corrected chi connectivity index (χ3v) is 0. The van der Waals surface area contributed by atoms with Crippen LogP contribution in [0.5, 0.6) is 0 Å². The van der Waals surface area contributed by atoms with E-state index >= 15 is 0 Å². The van der Waals surface area contributed by atoms with Crippen LogP contribution >= 0.6 is 0 Å². The van der Waals surface area contributed by atoms with Gasteiger partial charge in [0.15, 0.2) is 0 Å². The third-order valence-electron chi connectivity index (χ3n) is 0. The Morgan fingerprint density at radius 1 is 1.00 bits per heavy atom. The first-order valence-electron chi connectivity index (χ1n) is 0. The molecule has 1 radical (unpaired) electrons. The molecule has 0 N–H and O–H groups in total. The van der Waals surface area contributed by atoms with E-state index in [9.17, 15) is 0 Å². The average molecular weight is 606 g/mol. The van der Waals surface area contributed by atoms with Gasteiger partial charge in [-0.1, -0.05) is 0 Å². The summed E-state index contributed by atoms with van der Waals surface area (Å²) in [5.41, 5.74) is 0. The van der Waals surface area contributed by atoms with Crippen LogP contribution in [0.2, 0.25) is 0 Å². The van der Waals surface area contributed by atoms with Crippen LogP contribution in [0.4, 0.5) is 0 Å². The third kappa shape index (κ3) is 37.2. The van der Waals surface area contributed by atoms with E-state index in [1.54, 1.807) is 0 Å². The van der Waals surface area contributed by atoms with E-state index in [1.165, 1.54) is 0 Å². The summed E-state index contributed by atoms with van der Waals surface area (Å²) in [6, 6.07) is 0. The molecule has 7 heavy (non-hydrogen) atoms. The van der Waals surface area contributed by atoms with Gasteiger partial charge in [-0.3, -0.25) is 0 Å². The van der Waals surface area contributed by atoms with E-state index in [4.69, 9.17) is 0 Å². The minimum Gasteiger partial charge on any atom is 0 e. The van der Waals surface area contributed by atoms with Crippen LogP contribution in [0, 0.1) is 0 Å². The van der Waals surface area contributed by atoms with Gasteiger partial charge in [0.05, 0.1) is 0 Å². The van der Waals surface area contributed by atoms with Crippen LogP contribution in [0.3, 0.4) is 0 Å². The molecule has 0 aliphatic carbocycles. The molecule has 0 aromatic heterocycles. The van der Waals surface area contributed by atoms with E-state index in [0.717, 1.165) is 0 Å². The Morgan fingerprint density at radius 2 is 1.00 bits per heavy atom. The minimum absolute atomic E-state index is 0. The van der Waals surface area contributed by atoms with Crippen LogP contribution in [0.25, 0.3) is 0 Å². The molecule has 0 aromatic rings. The van der Waals surface area contributed by atoms with Gasteiger partial charge in [0, 0.05) is 142 Å². The predicted octanol–water partition coefficient (Wildman–Crippen LogP) is -0.0175. The van der Waals surface area contributed by atoms with Gasteiger partial charge in [-0.05, 0) is 0 Å². The van der Waals surface area contributed by atoms with Gasteiger partial charge in [-0.2, -0.15) is 0 Å². The van der Waals surface area contributed by atoms with Crippen LogP contribution < -0.4 is 0 Å². The summed E-state index contributed by atoms with van der Waals surface area (Å²) in [6.07, 6.45) is 0. The van der Waals surface area contributed by atoms with Crippen molar-refractivity contribution in [3.63, 3.8) is 0 Å². The molecule has 0 aromatic carbocycles. The van der Waals surface area contributed by atoms with E-state index < -0.39 is 0 Å². The Kier molecular flexibility index (Phi) is 411. The number of hydrogen-bond acceptors (Lipinski definition) is 0. The van der Waals surface area contributed by atoms with Crippen molar-refractivity contribution >= 4 is 0 Å². The van der Waals surface area contributed by atoms with Crippen molar-refractivity contribution in [1.82, 2.24) is 0 Å². The van der Waals surface area contributed by atoms with Crippen molar-refractivity contribution in [2.45, 2.75) is 0 Å². The van der Waals surface area contributed by atoms with Crippen LogP contribution in [-0.4, -0.2) is 0 Å². The Balaban J connectivity index is 0. The second kappa shape index (κ2) is 46.4. The van der Waals surface area contributed by atoms with Gasteiger partial charge < -0.3 is 0 Å². The molecule has 0 saturated carbocycles. The largest absolute Gasteiger partial charge is 0 e. The smallest absolute Gasteiger partial charge is 0 e. The SMILES string of the molecule is [Cd].[Cr].[Mn].[Mo].[Ni].[Ti].[W]. The zero-order chi connectivity index (χ0) is 0. The molecule has 0 bridgehead atoms. The van der Waals surface area contributed by atoms with Crippen LogP contribution in [0.15, 0.2) is 0 Å². The van der Waals surface area contributed by atoms with E-state index in [1.807, 2.05) is 0 Å². The summed E-state index contributed by atoms with van der Waals surface area (Å²) >= 11 is 0. The van der Waals surface area contributed by atoms with Crippen LogP contribution in [-0.2, 0) is 142 Å². The first-order valence-corrected chi connectivity index (χ1v) is 0. The Labute approximate surface area is 139 Å². The maximum absolute atomic E-state index is 0. The molecule has 0 amide bonds. The van der Waals surface area contributed by atoms with Crippen LogP contribution in [0.1, 0.15) is 0 Å². The van der Waals surface area contributed by atoms with Crippen molar-refractivity contribution in [2.24, 2.45) is 0 Å². The van der Waals surface area contributed by atoms with Crippen molar-refractivity contribution in [3.8, 4) is 0 Å². The van der Waals surface area contributed by atoms with Gasteiger partial charge in [-0.15, -0.1) is 0 Å². The van der Waals surface area contributed by atoms with Gasteiger partial charge >= 0.3 is 0 Å². The van der Waals surface area contributed by atoms with Crippen molar-refractivity contribution in [3.05, 3.63) is 0 Å². The molecule has 0 rings (SSSR count). The molecule has 0 heterocycles. The number of rotatable bonds is 0. The zero-order valence-electron chi connectivity index (χ0n) is 3.13. The first kappa shape index (κ1) is 62.0. The molecule has 7 heteroatoms. The average Bonchev–Trinajstić information content (AvgIpc) is 0. The number of hydrogen-bond donors (Lipinski definition) is 0. The maximum atomic E-state index is 0. The predicted molar refractivity (Wildman–Crippen MR) is 0 cm³/mol. The van der Waals surface area contributed by atoms with Crippen molar-refractivity contribution < 1.29 is 142 Å². The summed E-state index contributed by atoms with van der Waals surface area (Å²) < 4.78 is 0. The fourth-order valence-electron chi connectivity index (χ4n) is 0. The normalized spacial score (nSPS) is 0. The monoisotopic (exact) mass is 609 g/mol. The quantitative estimate of drug-likeness (QED) is 0.341. The molecule has 0 fully saturated rings.